The quantitative estimate of drug-likeness (QED) is 0.701. The largest absolute Gasteiger partial charge is 0.333 e. The molecule has 0 unspecified atom stereocenters. The first-order valence-corrected chi connectivity index (χ1v) is 3.38. The van der Waals surface area contributed by atoms with E-state index in [1.165, 1.54) is 7.05 Å². The van der Waals surface area contributed by atoms with E-state index in [0.29, 0.717) is 0 Å². The summed E-state index contributed by atoms with van der Waals surface area (Å²) in [6, 6.07) is 0. The van der Waals surface area contributed by atoms with Crippen LogP contribution in [0, 0.1) is 0 Å². The zero-order valence-corrected chi connectivity index (χ0v) is 6.74. The summed E-state index contributed by atoms with van der Waals surface area (Å²) in [6.45, 7) is -0.645. The van der Waals surface area contributed by atoms with Gasteiger partial charge in [0.1, 0.15) is 0 Å². The maximum atomic E-state index is 11.8. The number of nitrogens with one attached hydrogen (secondary N) is 1. The van der Waals surface area contributed by atoms with E-state index in [2.05, 4.69) is 20.6 Å². The molecule has 6 nitrogen and oxygen atoms in total. The van der Waals surface area contributed by atoms with Crippen LogP contribution in [0.2, 0.25) is 0 Å². The number of hydrogen-bond donors (Lipinski definition) is 1. The molecule has 1 rings (SSSR count). The van der Waals surface area contributed by atoms with Crippen LogP contribution in [-0.4, -0.2) is 51.4 Å². The third-order valence-electron chi connectivity index (χ3n) is 1.30. The SMILES string of the molecule is CN(CC(F)F)C(=O)c1nn[nH]n1. The predicted octanol–water partition coefficient (Wildman–Crippen LogP) is -0.463. The van der Waals surface area contributed by atoms with Crippen molar-refractivity contribution in [2.24, 2.45) is 0 Å². The van der Waals surface area contributed by atoms with Gasteiger partial charge in [0, 0.05) is 7.05 Å². The minimum Gasteiger partial charge on any atom is -0.333 e. The minimum absolute atomic E-state index is 0.219. The maximum Gasteiger partial charge on any atom is 0.295 e. The lowest BCUT2D eigenvalue weighted by Crippen LogP contribution is -2.32. The Kier molecular flexibility index (Phi) is 2.83. The first-order chi connectivity index (χ1) is 6.11. The fourth-order valence-corrected chi connectivity index (χ4v) is 0.713. The smallest absolute Gasteiger partial charge is 0.295 e. The number of carbonyl (C=O) groups excluding carboxylic acids is 1. The van der Waals surface area contributed by atoms with Crippen LogP contribution in [0.1, 0.15) is 10.6 Å². The number of H-pyrrole nitrogens is 1. The second kappa shape index (κ2) is 3.87. The topological polar surface area (TPSA) is 74.8 Å². The first kappa shape index (κ1) is 9.49. The van der Waals surface area contributed by atoms with Gasteiger partial charge in [-0.1, -0.05) is 0 Å². The second-order valence-corrected chi connectivity index (χ2v) is 2.31. The molecule has 1 aromatic rings. The number of amides is 1. The molecule has 1 amide bonds. The Labute approximate surface area is 71.9 Å². The lowest BCUT2D eigenvalue weighted by atomic mass is 10.5. The van der Waals surface area contributed by atoms with E-state index in [1.807, 2.05) is 0 Å². The summed E-state index contributed by atoms with van der Waals surface area (Å²) in [5, 5.41) is 11.9. The summed E-state index contributed by atoms with van der Waals surface area (Å²) >= 11 is 0. The van der Waals surface area contributed by atoms with E-state index in [4.69, 9.17) is 0 Å². The maximum absolute atomic E-state index is 11.8. The Hall–Kier alpha value is -1.60. The number of nitrogens with zero attached hydrogens (tertiary/aromatic N) is 4. The van der Waals surface area contributed by atoms with Crippen molar-refractivity contribution in [3.8, 4) is 0 Å². The van der Waals surface area contributed by atoms with Gasteiger partial charge >= 0.3 is 0 Å². The number of halogens is 2. The molecule has 1 aromatic heterocycles. The van der Waals surface area contributed by atoms with Crippen LogP contribution in [0.25, 0.3) is 0 Å². The van der Waals surface area contributed by atoms with Crippen molar-refractivity contribution in [3.05, 3.63) is 5.82 Å². The van der Waals surface area contributed by atoms with Crippen LogP contribution in [0.3, 0.4) is 0 Å². The van der Waals surface area contributed by atoms with Crippen molar-refractivity contribution >= 4 is 5.91 Å². The van der Waals surface area contributed by atoms with Crippen molar-refractivity contribution in [1.29, 1.82) is 0 Å². The molecular weight excluding hydrogens is 184 g/mol. The van der Waals surface area contributed by atoms with Crippen molar-refractivity contribution in [3.63, 3.8) is 0 Å². The Balaban J connectivity index is 2.58. The zero-order chi connectivity index (χ0) is 9.84. The molecule has 0 aromatic carbocycles. The van der Waals surface area contributed by atoms with Crippen molar-refractivity contribution in [2.75, 3.05) is 13.6 Å². The highest BCUT2D eigenvalue weighted by Crippen LogP contribution is 1.99. The summed E-state index contributed by atoms with van der Waals surface area (Å²) in [5.74, 6) is -0.905. The fourth-order valence-electron chi connectivity index (χ4n) is 0.713. The van der Waals surface area contributed by atoms with Crippen molar-refractivity contribution in [1.82, 2.24) is 25.5 Å². The van der Waals surface area contributed by atoms with Crippen LogP contribution in [-0.2, 0) is 0 Å². The van der Waals surface area contributed by atoms with Gasteiger partial charge in [0.2, 0.25) is 0 Å². The minimum atomic E-state index is -2.57. The standard InChI is InChI=1S/C5H7F2N5O/c1-12(2-3(6)7)5(13)4-8-10-11-9-4/h3H,2H2,1H3,(H,8,9,10,11). The van der Waals surface area contributed by atoms with E-state index in [9.17, 15) is 13.6 Å². The lowest BCUT2D eigenvalue weighted by molar-refractivity contribution is 0.0610. The molecule has 0 atom stereocenters. The molecule has 72 valence electrons. The van der Waals surface area contributed by atoms with Crippen LogP contribution >= 0.6 is 0 Å². The summed E-state index contributed by atoms with van der Waals surface area (Å²) in [5.41, 5.74) is 0. The molecule has 1 N–H and O–H groups in total. The number of hydrogen-bond acceptors (Lipinski definition) is 4. The predicted molar refractivity (Wildman–Crippen MR) is 37.1 cm³/mol. The van der Waals surface area contributed by atoms with Crippen LogP contribution in [0.4, 0.5) is 8.78 Å². The first-order valence-electron chi connectivity index (χ1n) is 3.38. The third kappa shape index (κ3) is 2.42. The van der Waals surface area contributed by atoms with Gasteiger partial charge in [-0.3, -0.25) is 4.79 Å². The molecule has 0 saturated heterocycles. The van der Waals surface area contributed by atoms with E-state index < -0.39 is 18.9 Å². The fraction of sp³-hybridized carbons (Fsp3) is 0.600. The van der Waals surface area contributed by atoms with Gasteiger partial charge in [-0.2, -0.15) is 5.21 Å². The van der Waals surface area contributed by atoms with E-state index >= 15 is 0 Å². The highest BCUT2D eigenvalue weighted by molar-refractivity contribution is 5.89. The third-order valence-corrected chi connectivity index (χ3v) is 1.30. The van der Waals surface area contributed by atoms with Crippen LogP contribution in [0.15, 0.2) is 0 Å². The molecule has 0 spiro atoms. The Morgan fingerprint density at radius 1 is 1.69 bits per heavy atom. The van der Waals surface area contributed by atoms with Crippen molar-refractivity contribution < 1.29 is 13.6 Å². The molecular formula is C5H7F2N5O. The van der Waals surface area contributed by atoms with Gasteiger partial charge in [-0.05, 0) is 5.21 Å². The number of tetrazole rings is 1. The van der Waals surface area contributed by atoms with Gasteiger partial charge in [0.15, 0.2) is 0 Å². The molecule has 1 heterocycles. The average Bonchev–Trinajstić information content (AvgIpc) is 2.53. The van der Waals surface area contributed by atoms with Gasteiger partial charge in [-0.25, -0.2) is 8.78 Å². The van der Waals surface area contributed by atoms with Crippen LogP contribution in [0.5, 0.6) is 0 Å². The van der Waals surface area contributed by atoms with Gasteiger partial charge < -0.3 is 4.90 Å². The molecule has 0 aliphatic carbocycles. The Morgan fingerprint density at radius 2 is 2.38 bits per heavy atom. The molecule has 0 aliphatic rings. The number of aromatic amines is 1. The Morgan fingerprint density at radius 3 is 2.85 bits per heavy atom. The summed E-state index contributed by atoms with van der Waals surface area (Å²) in [4.78, 5) is 12.0. The molecule has 0 radical (unpaired) electrons. The second-order valence-electron chi connectivity index (χ2n) is 2.31. The van der Waals surface area contributed by atoms with Gasteiger partial charge in [-0.15, -0.1) is 10.2 Å². The number of alkyl halides is 2. The van der Waals surface area contributed by atoms with Crippen molar-refractivity contribution in [2.45, 2.75) is 6.43 Å². The monoisotopic (exact) mass is 191 g/mol. The van der Waals surface area contributed by atoms with Gasteiger partial charge in [0.05, 0.1) is 6.54 Å². The van der Waals surface area contributed by atoms with E-state index in [-0.39, 0.29) is 5.82 Å². The zero-order valence-electron chi connectivity index (χ0n) is 6.74. The molecule has 0 bridgehead atoms. The number of rotatable bonds is 3. The molecule has 0 aliphatic heterocycles. The summed E-state index contributed by atoms with van der Waals surface area (Å²) in [6.07, 6.45) is -2.57. The van der Waals surface area contributed by atoms with E-state index in [1.54, 1.807) is 0 Å². The van der Waals surface area contributed by atoms with E-state index in [0.717, 1.165) is 4.90 Å². The van der Waals surface area contributed by atoms with Crippen LogP contribution < -0.4 is 0 Å². The number of aromatic nitrogens is 4. The Bertz CT molecular complexity index is 274. The molecule has 0 saturated carbocycles. The normalized spacial score (nSPS) is 10.5. The average molecular weight is 191 g/mol. The number of carbonyl (C=O) groups is 1. The summed E-state index contributed by atoms with van der Waals surface area (Å²) in [7, 11) is 1.24. The van der Waals surface area contributed by atoms with Gasteiger partial charge in [0.25, 0.3) is 18.2 Å². The molecule has 8 heteroatoms. The lowest BCUT2D eigenvalue weighted by Gasteiger charge is -2.13. The molecule has 0 fully saturated rings. The summed E-state index contributed by atoms with van der Waals surface area (Å²) < 4.78 is 23.7. The molecule has 13 heavy (non-hydrogen) atoms. The highest BCUT2D eigenvalue weighted by atomic mass is 19.3. The highest BCUT2D eigenvalue weighted by Gasteiger charge is 2.18.